The highest BCUT2D eigenvalue weighted by atomic mass is 16.6. The number of hydrogen-bond donors (Lipinski definition) is 1. The molecule has 8 heteroatoms. The van der Waals surface area contributed by atoms with E-state index >= 15 is 0 Å². The summed E-state index contributed by atoms with van der Waals surface area (Å²) in [5, 5.41) is 14.3. The van der Waals surface area contributed by atoms with Gasteiger partial charge in [0.2, 0.25) is 0 Å². The lowest BCUT2D eigenvalue weighted by atomic mass is 10.3. The maximum atomic E-state index is 11.4. The summed E-state index contributed by atoms with van der Waals surface area (Å²) in [5.41, 5.74) is 2.13. The van der Waals surface area contributed by atoms with Gasteiger partial charge in [0.1, 0.15) is 11.5 Å². The molecule has 1 aromatic carbocycles. The Balaban J connectivity index is 1.81. The van der Waals surface area contributed by atoms with Gasteiger partial charge in [-0.3, -0.25) is 14.9 Å². The molecule has 0 bridgehead atoms. The predicted octanol–water partition coefficient (Wildman–Crippen LogP) is 1.72. The van der Waals surface area contributed by atoms with Gasteiger partial charge in [0.15, 0.2) is 6.61 Å². The van der Waals surface area contributed by atoms with E-state index in [-0.39, 0.29) is 18.0 Å². The number of nitro benzene ring substituents is 1. The Hall–Kier alpha value is -3.16. The third-order valence-corrected chi connectivity index (χ3v) is 2.32. The number of carbonyl (C=O) groups excluding carboxylic acids is 1. The maximum absolute atomic E-state index is 11.4. The number of non-ortho nitro benzene ring substituents is 1. The third-order valence-electron chi connectivity index (χ3n) is 2.32. The van der Waals surface area contributed by atoms with Crippen LogP contribution in [0.5, 0.6) is 5.75 Å². The molecule has 8 nitrogen and oxygen atoms in total. The van der Waals surface area contributed by atoms with Gasteiger partial charge in [0.05, 0.1) is 23.5 Å². The number of nitrogens with zero attached hydrogens (tertiary/aromatic N) is 2. The minimum Gasteiger partial charge on any atom is -0.483 e. The molecule has 2 aromatic rings. The second-order valence-corrected chi connectivity index (χ2v) is 3.85. The molecule has 0 radical (unpaired) electrons. The molecule has 1 heterocycles. The Morgan fingerprint density at radius 3 is 3.00 bits per heavy atom. The van der Waals surface area contributed by atoms with Crippen molar-refractivity contribution in [2.75, 3.05) is 6.61 Å². The van der Waals surface area contributed by atoms with Gasteiger partial charge in [-0.1, -0.05) is 6.07 Å². The van der Waals surface area contributed by atoms with E-state index in [2.05, 4.69) is 10.5 Å². The number of hydrogen-bond acceptors (Lipinski definition) is 6. The average molecular weight is 289 g/mol. The van der Waals surface area contributed by atoms with Crippen LogP contribution in [0.1, 0.15) is 5.76 Å². The Morgan fingerprint density at radius 1 is 1.43 bits per heavy atom. The molecule has 1 N–H and O–H groups in total. The first-order valence-electron chi connectivity index (χ1n) is 5.88. The smallest absolute Gasteiger partial charge is 0.277 e. The van der Waals surface area contributed by atoms with Gasteiger partial charge in [-0.25, -0.2) is 5.43 Å². The summed E-state index contributed by atoms with van der Waals surface area (Å²) in [6, 6.07) is 8.93. The van der Waals surface area contributed by atoms with Crippen LogP contribution < -0.4 is 10.2 Å². The van der Waals surface area contributed by atoms with Crippen LogP contribution in [0.15, 0.2) is 52.2 Å². The molecule has 0 atom stereocenters. The number of hydrazone groups is 1. The summed E-state index contributed by atoms with van der Waals surface area (Å²) in [6.07, 6.45) is 2.82. The second kappa shape index (κ2) is 6.85. The normalized spacial score (nSPS) is 10.5. The summed E-state index contributed by atoms with van der Waals surface area (Å²) >= 11 is 0. The Labute approximate surface area is 119 Å². The van der Waals surface area contributed by atoms with Crippen molar-refractivity contribution in [3.05, 3.63) is 58.5 Å². The van der Waals surface area contributed by atoms with Crippen LogP contribution in [0.2, 0.25) is 0 Å². The van der Waals surface area contributed by atoms with Crippen molar-refractivity contribution < 1.29 is 18.9 Å². The van der Waals surface area contributed by atoms with Crippen LogP contribution in [0.3, 0.4) is 0 Å². The van der Waals surface area contributed by atoms with Crippen molar-refractivity contribution in [1.29, 1.82) is 0 Å². The number of nitrogens with one attached hydrogen (secondary N) is 1. The lowest BCUT2D eigenvalue weighted by Gasteiger charge is -2.04. The predicted molar refractivity (Wildman–Crippen MR) is 73.0 cm³/mol. The summed E-state index contributed by atoms with van der Waals surface area (Å²) in [4.78, 5) is 21.5. The van der Waals surface area contributed by atoms with Gasteiger partial charge in [-0.05, 0) is 18.2 Å². The molecule has 108 valence electrons. The van der Waals surface area contributed by atoms with Gasteiger partial charge in [0.25, 0.3) is 11.6 Å². The summed E-state index contributed by atoms with van der Waals surface area (Å²) in [6.45, 7) is -0.309. The number of furan rings is 1. The zero-order valence-electron chi connectivity index (χ0n) is 10.8. The highest BCUT2D eigenvalue weighted by Gasteiger charge is 2.07. The van der Waals surface area contributed by atoms with Gasteiger partial charge >= 0.3 is 0 Å². The highest BCUT2D eigenvalue weighted by molar-refractivity contribution is 5.81. The molecular weight excluding hydrogens is 278 g/mol. The van der Waals surface area contributed by atoms with Crippen molar-refractivity contribution in [1.82, 2.24) is 5.43 Å². The summed E-state index contributed by atoms with van der Waals surface area (Å²) in [5.74, 6) is 0.230. The zero-order chi connectivity index (χ0) is 15.1. The summed E-state index contributed by atoms with van der Waals surface area (Å²) < 4.78 is 10.1. The van der Waals surface area contributed by atoms with E-state index in [1.54, 1.807) is 12.1 Å². The number of amides is 1. The molecule has 0 aliphatic carbocycles. The zero-order valence-corrected chi connectivity index (χ0v) is 10.8. The van der Waals surface area contributed by atoms with Crippen LogP contribution in [0, 0.1) is 10.1 Å². The lowest BCUT2D eigenvalue weighted by molar-refractivity contribution is -0.384. The SMILES string of the molecule is O=C(COc1cccc([N+](=O)[O-])c1)N/N=C/c1ccco1. The van der Waals surface area contributed by atoms with Crippen LogP contribution in [0.4, 0.5) is 5.69 Å². The van der Waals surface area contributed by atoms with Gasteiger partial charge in [-0.2, -0.15) is 5.10 Å². The average Bonchev–Trinajstić information content (AvgIpc) is 2.99. The molecule has 0 aliphatic rings. The molecule has 1 aromatic heterocycles. The van der Waals surface area contributed by atoms with E-state index in [0.717, 1.165) is 0 Å². The molecule has 0 unspecified atom stereocenters. The van der Waals surface area contributed by atoms with E-state index in [0.29, 0.717) is 5.76 Å². The molecule has 0 saturated heterocycles. The van der Waals surface area contributed by atoms with Gasteiger partial charge < -0.3 is 9.15 Å². The minimum atomic E-state index is -0.541. The Kier molecular flexibility index (Phi) is 4.65. The molecule has 1 amide bonds. The van der Waals surface area contributed by atoms with Crippen LogP contribution in [-0.4, -0.2) is 23.7 Å². The third kappa shape index (κ3) is 4.46. The second-order valence-electron chi connectivity index (χ2n) is 3.85. The maximum Gasteiger partial charge on any atom is 0.277 e. The van der Waals surface area contributed by atoms with E-state index in [9.17, 15) is 14.9 Å². The first-order valence-corrected chi connectivity index (χ1v) is 5.88. The molecule has 0 fully saturated rings. The number of benzene rings is 1. The van der Waals surface area contributed by atoms with Crippen molar-refractivity contribution in [3.8, 4) is 5.75 Å². The van der Waals surface area contributed by atoms with Crippen LogP contribution in [0.25, 0.3) is 0 Å². The van der Waals surface area contributed by atoms with E-state index in [1.165, 1.54) is 36.7 Å². The van der Waals surface area contributed by atoms with Crippen molar-refractivity contribution in [3.63, 3.8) is 0 Å². The summed E-state index contributed by atoms with van der Waals surface area (Å²) in [7, 11) is 0. The Morgan fingerprint density at radius 2 is 2.29 bits per heavy atom. The number of ether oxygens (including phenoxy) is 1. The Bertz CT molecular complexity index is 652. The monoisotopic (exact) mass is 289 g/mol. The van der Waals surface area contributed by atoms with Crippen LogP contribution in [-0.2, 0) is 4.79 Å². The molecule has 0 spiro atoms. The number of nitro groups is 1. The van der Waals surface area contributed by atoms with Crippen molar-refractivity contribution >= 4 is 17.8 Å². The largest absolute Gasteiger partial charge is 0.483 e. The molecule has 21 heavy (non-hydrogen) atoms. The van der Waals surface area contributed by atoms with Crippen LogP contribution >= 0.6 is 0 Å². The van der Waals surface area contributed by atoms with E-state index < -0.39 is 10.8 Å². The number of rotatable bonds is 6. The molecular formula is C13H11N3O5. The first kappa shape index (κ1) is 14.3. The lowest BCUT2D eigenvalue weighted by Crippen LogP contribution is -2.24. The molecule has 2 rings (SSSR count). The molecule has 0 aliphatic heterocycles. The quantitative estimate of drug-likeness (QED) is 0.495. The molecule has 0 saturated carbocycles. The first-order chi connectivity index (χ1) is 10.1. The van der Waals surface area contributed by atoms with E-state index in [4.69, 9.17) is 9.15 Å². The minimum absolute atomic E-state index is 0.108. The fourth-order valence-corrected chi connectivity index (χ4v) is 1.40. The number of carbonyl (C=O) groups is 1. The fraction of sp³-hybridized carbons (Fsp3) is 0.0769. The van der Waals surface area contributed by atoms with E-state index in [1.807, 2.05) is 0 Å². The van der Waals surface area contributed by atoms with Crippen molar-refractivity contribution in [2.45, 2.75) is 0 Å². The topological polar surface area (TPSA) is 107 Å². The van der Waals surface area contributed by atoms with Gasteiger partial charge in [0, 0.05) is 6.07 Å². The van der Waals surface area contributed by atoms with Gasteiger partial charge in [-0.15, -0.1) is 0 Å². The van der Waals surface area contributed by atoms with Crippen molar-refractivity contribution in [2.24, 2.45) is 5.10 Å². The fourth-order valence-electron chi connectivity index (χ4n) is 1.40. The highest BCUT2D eigenvalue weighted by Crippen LogP contribution is 2.18. The standard InChI is InChI=1S/C13H11N3O5/c17-13(15-14-8-12-5-2-6-20-12)9-21-11-4-1-3-10(7-11)16(18)19/h1-8H,9H2,(H,15,17)/b14-8+.